The predicted molar refractivity (Wildman–Crippen MR) is 75.7 cm³/mol. The van der Waals surface area contributed by atoms with Crippen LogP contribution < -0.4 is 15.8 Å². The minimum atomic E-state index is -0.676. The van der Waals surface area contributed by atoms with E-state index in [1.165, 1.54) is 7.11 Å². The van der Waals surface area contributed by atoms with Crippen molar-refractivity contribution in [1.82, 2.24) is 0 Å². The van der Waals surface area contributed by atoms with Crippen LogP contribution in [0.1, 0.15) is 13.8 Å². The molecule has 0 aliphatic heterocycles. The molecule has 0 aromatic heterocycles. The van der Waals surface area contributed by atoms with Crippen LogP contribution in [0.3, 0.4) is 0 Å². The number of carbonyl (C=O) groups excluding carboxylic acids is 1. The van der Waals surface area contributed by atoms with Crippen LogP contribution in [-0.2, 0) is 9.53 Å². The van der Waals surface area contributed by atoms with Crippen molar-refractivity contribution >= 4 is 23.2 Å². The van der Waals surface area contributed by atoms with E-state index in [1.807, 2.05) is 13.8 Å². The van der Waals surface area contributed by atoms with E-state index in [4.69, 9.17) is 26.8 Å². The highest BCUT2D eigenvalue weighted by Gasteiger charge is 2.16. The molecule has 1 amide bonds. The summed E-state index contributed by atoms with van der Waals surface area (Å²) in [5, 5.41) is 3.12. The molecule has 1 rings (SSSR count). The summed E-state index contributed by atoms with van der Waals surface area (Å²) in [6, 6.07) is 5.05. The fourth-order valence-electron chi connectivity index (χ4n) is 1.46. The van der Waals surface area contributed by atoms with Gasteiger partial charge >= 0.3 is 0 Å². The highest BCUT2D eigenvalue weighted by molar-refractivity contribution is 6.32. The molecule has 1 atom stereocenters. The summed E-state index contributed by atoms with van der Waals surface area (Å²) in [5.41, 5.74) is 5.99. The first-order chi connectivity index (χ1) is 8.97. The molecule has 3 N–H and O–H groups in total. The van der Waals surface area contributed by atoms with Gasteiger partial charge in [0.15, 0.2) is 0 Å². The Morgan fingerprint density at radius 3 is 2.63 bits per heavy atom. The van der Waals surface area contributed by atoms with Crippen LogP contribution in [0, 0.1) is 0 Å². The van der Waals surface area contributed by atoms with Crippen LogP contribution in [0.15, 0.2) is 18.2 Å². The van der Waals surface area contributed by atoms with E-state index in [0.29, 0.717) is 16.5 Å². The summed E-state index contributed by atoms with van der Waals surface area (Å²) < 4.78 is 10.5. The Kier molecular flexibility index (Phi) is 6.08. The molecule has 0 spiro atoms. The Bertz CT molecular complexity index is 434. The van der Waals surface area contributed by atoms with Gasteiger partial charge in [0.2, 0.25) is 0 Å². The quantitative estimate of drug-likeness (QED) is 0.839. The first-order valence-corrected chi connectivity index (χ1v) is 6.35. The summed E-state index contributed by atoms with van der Waals surface area (Å²) in [5.74, 6) is 0.273. The number of nitrogens with one attached hydrogen (secondary N) is 1. The normalized spacial score (nSPS) is 12.3. The zero-order chi connectivity index (χ0) is 14.4. The third kappa shape index (κ3) is 4.70. The number of hydrogen-bond acceptors (Lipinski definition) is 4. The van der Waals surface area contributed by atoms with Crippen LogP contribution >= 0.6 is 11.6 Å². The molecule has 0 saturated carbocycles. The minimum Gasteiger partial charge on any atom is -0.489 e. The molecule has 0 fully saturated rings. The second-order valence-electron chi connectivity index (χ2n) is 4.26. The Labute approximate surface area is 118 Å². The van der Waals surface area contributed by atoms with Gasteiger partial charge in [0.1, 0.15) is 11.9 Å². The number of nitrogens with two attached hydrogens (primary N) is 1. The zero-order valence-electron chi connectivity index (χ0n) is 11.3. The molecule has 1 aromatic rings. The molecule has 6 heteroatoms. The number of methoxy groups -OCH3 is 1. The van der Waals surface area contributed by atoms with E-state index >= 15 is 0 Å². The lowest BCUT2D eigenvalue weighted by atomic mass is 10.2. The van der Waals surface area contributed by atoms with Crippen LogP contribution in [0.4, 0.5) is 5.69 Å². The molecule has 5 nitrogen and oxygen atoms in total. The maximum atomic E-state index is 11.8. The number of carbonyl (C=O) groups is 1. The largest absolute Gasteiger partial charge is 0.489 e. The molecule has 106 valence electrons. The zero-order valence-corrected chi connectivity index (χ0v) is 12.0. The molecular formula is C13H19ClN2O3. The molecule has 0 aliphatic carbocycles. The van der Waals surface area contributed by atoms with E-state index in [9.17, 15) is 4.79 Å². The summed E-state index contributed by atoms with van der Waals surface area (Å²) >= 11 is 6.07. The van der Waals surface area contributed by atoms with Crippen LogP contribution in [0.2, 0.25) is 5.02 Å². The molecule has 0 radical (unpaired) electrons. The number of benzene rings is 1. The van der Waals surface area contributed by atoms with E-state index in [0.717, 1.165) is 0 Å². The Morgan fingerprint density at radius 2 is 2.16 bits per heavy atom. The van der Waals surface area contributed by atoms with Gasteiger partial charge in [-0.2, -0.15) is 0 Å². The van der Waals surface area contributed by atoms with Crippen molar-refractivity contribution in [2.24, 2.45) is 5.73 Å². The first-order valence-electron chi connectivity index (χ1n) is 5.97. The lowest BCUT2D eigenvalue weighted by molar-refractivity contribution is -0.125. The molecule has 1 unspecified atom stereocenters. The van der Waals surface area contributed by atoms with Crippen molar-refractivity contribution in [2.75, 3.05) is 19.0 Å². The second kappa shape index (κ2) is 7.33. The highest BCUT2D eigenvalue weighted by atomic mass is 35.5. The van der Waals surface area contributed by atoms with E-state index in [-0.39, 0.29) is 18.6 Å². The van der Waals surface area contributed by atoms with Crippen molar-refractivity contribution in [2.45, 2.75) is 26.1 Å². The number of halogens is 1. The van der Waals surface area contributed by atoms with Crippen LogP contribution in [0.25, 0.3) is 0 Å². The fourth-order valence-corrected chi connectivity index (χ4v) is 1.69. The summed E-state index contributed by atoms with van der Waals surface area (Å²) in [7, 11) is 1.43. The first kappa shape index (κ1) is 15.8. The van der Waals surface area contributed by atoms with Crippen molar-refractivity contribution in [3.8, 4) is 5.75 Å². The SMILES string of the molecule is COC(CN)C(=O)Nc1ccc(OC(C)C)c(Cl)c1. The van der Waals surface area contributed by atoms with Gasteiger partial charge in [-0.15, -0.1) is 0 Å². The number of anilines is 1. The van der Waals surface area contributed by atoms with Gasteiger partial charge in [-0.3, -0.25) is 4.79 Å². The maximum absolute atomic E-state index is 11.8. The molecule has 0 aliphatic rings. The monoisotopic (exact) mass is 286 g/mol. The lowest BCUT2D eigenvalue weighted by Crippen LogP contribution is -2.35. The smallest absolute Gasteiger partial charge is 0.254 e. The van der Waals surface area contributed by atoms with E-state index < -0.39 is 6.10 Å². The minimum absolute atomic E-state index is 0.0352. The Hall–Kier alpha value is -1.30. The molecule has 1 aromatic carbocycles. The van der Waals surface area contributed by atoms with Gasteiger partial charge in [0.05, 0.1) is 11.1 Å². The number of rotatable bonds is 6. The van der Waals surface area contributed by atoms with Crippen LogP contribution in [-0.4, -0.2) is 31.8 Å². The molecule has 0 bridgehead atoms. The fraction of sp³-hybridized carbons (Fsp3) is 0.462. The van der Waals surface area contributed by atoms with Gasteiger partial charge in [-0.1, -0.05) is 11.6 Å². The van der Waals surface area contributed by atoms with Crippen molar-refractivity contribution < 1.29 is 14.3 Å². The molecule has 0 saturated heterocycles. The van der Waals surface area contributed by atoms with Gasteiger partial charge in [0, 0.05) is 19.3 Å². The van der Waals surface area contributed by atoms with Gasteiger partial charge < -0.3 is 20.5 Å². The Morgan fingerprint density at radius 1 is 1.47 bits per heavy atom. The molecular weight excluding hydrogens is 268 g/mol. The number of hydrogen-bond donors (Lipinski definition) is 2. The summed E-state index contributed by atoms with van der Waals surface area (Å²) in [6.45, 7) is 3.94. The van der Waals surface area contributed by atoms with E-state index in [2.05, 4.69) is 5.32 Å². The average molecular weight is 287 g/mol. The summed E-state index contributed by atoms with van der Waals surface area (Å²) in [4.78, 5) is 11.8. The van der Waals surface area contributed by atoms with Crippen molar-refractivity contribution in [3.63, 3.8) is 0 Å². The molecule has 19 heavy (non-hydrogen) atoms. The van der Waals surface area contributed by atoms with Crippen molar-refractivity contribution in [1.29, 1.82) is 0 Å². The van der Waals surface area contributed by atoms with Gasteiger partial charge in [0.25, 0.3) is 5.91 Å². The van der Waals surface area contributed by atoms with Gasteiger partial charge in [-0.25, -0.2) is 0 Å². The maximum Gasteiger partial charge on any atom is 0.254 e. The highest BCUT2D eigenvalue weighted by Crippen LogP contribution is 2.28. The van der Waals surface area contributed by atoms with Crippen LogP contribution in [0.5, 0.6) is 5.75 Å². The number of amides is 1. The number of ether oxygens (including phenoxy) is 2. The summed E-state index contributed by atoms with van der Waals surface area (Å²) in [6.07, 6.45) is -0.640. The average Bonchev–Trinajstić information content (AvgIpc) is 2.33. The lowest BCUT2D eigenvalue weighted by Gasteiger charge is -2.15. The topological polar surface area (TPSA) is 73.6 Å². The third-order valence-corrected chi connectivity index (χ3v) is 2.65. The molecule has 0 heterocycles. The van der Waals surface area contributed by atoms with Crippen molar-refractivity contribution in [3.05, 3.63) is 23.2 Å². The Balaban J connectivity index is 2.75. The van der Waals surface area contributed by atoms with E-state index in [1.54, 1.807) is 18.2 Å². The predicted octanol–water partition coefficient (Wildman–Crippen LogP) is 2.04. The van der Waals surface area contributed by atoms with Gasteiger partial charge in [-0.05, 0) is 32.0 Å². The third-order valence-electron chi connectivity index (χ3n) is 2.35. The second-order valence-corrected chi connectivity index (χ2v) is 4.67. The standard InChI is InChI=1S/C13H19ClN2O3/c1-8(2)19-11-5-4-9(6-10(11)14)16-13(17)12(7-15)18-3/h4-6,8,12H,7,15H2,1-3H3,(H,16,17).